The van der Waals surface area contributed by atoms with Crippen LogP contribution in [0.15, 0.2) is 0 Å². The van der Waals surface area contributed by atoms with Crippen LogP contribution < -0.4 is 5.32 Å². The molecule has 0 aromatic heterocycles. The van der Waals surface area contributed by atoms with E-state index in [9.17, 15) is 4.39 Å². The van der Waals surface area contributed by atoms with E-state index in [1.54, 1.807) is 0 Å². The monoisotopic (exact) mass is 202 g/mol. The average molecular weight is 202 g/mol. The van der Waals surface area contributed by atoms with E-state index in [0.717, 1.165) is 19.5 Å². The highest BCUT2D eigenvalue weighted by atomic mass is 19.1. The van der Waals surface area contributed by atoms with Crippen molar-refractivity contribution in [1.29, 1.82) is 0 Å². The van der Waals surface area contributed by atoms with Crippen molar-refractivity contribution < 1.29 is 4.39 Å². The van der Waals surface area contributed by atoms with Gasteiger partial charge >= 0.3 is 0 Å². The van der Waals surface area contributed by atoms with Crippen LogP contribution in [0.3, 0.4) is 0 Å². The fraction of sp³-hybridized carbons (Fsp3) is 1.00. The van der Waals surface area contributed by atoms with Crippen molar-refractivity contribution in [2.24, 2.45) is 0 Å². The molecule has 3 heteroatoms. The smallest absolute Gasteiger partial charge is 0.117 e. The van der Waals surface area contributed by atoms with Crippen LogP contribution in [0.25, 0.3) is 0 Å². The number of hydrogen-bond donors (Lipinski definition) is 1. The molecular weight excluding hydrogens is 179 g/mol. The van der Waals surface area contributed by atoms with Gasteiger partial charge in [0.2, 0.25) is 0 Å². The van der Waals surface area contributed by atoms with Gasteiger partial charge in [0.15, 0.2) is 0 Å². The lowest BCUT2D eigenvalue weighted by molar-refractivity contribution is 0.160. The summed E-state index contributed by atoms with van der Waals surface area (Å²) in [5, 5.41) is 3.21. The normalized spacial score (nSPS) is 28.7. The van der Waals surface area contributed by atoms with Crippen LogP contribution >= 0.6 is 0 Å². The molecule has 1 rings (SSSR count). The predicted octanol–water partition coefficient (Wildman–Crippen LogP) is 1.81. The molecule has 1 N–H and O–H groups in total. The van der Waals surface area contributed by atoms with E-state index in [1.807, 2.05) is 0 Å². The average Bonchev–Trinajstić information content (AvgIpc) is 2.45. The molecule has 14 heavy (non-hydrogen) atoms. The summed E-state index contributed by atoms with van der Waals surface area (Å²) < 4.78 is 13.3. The molecule has 0 saturated carbocycles. The Morgan fingerprint density at radius 1 is 1.43 bits per heavy atom. The van der Waals surface area contributed by atoms with Crippen LogP contribution in [-0.4, -0.2) is 42.8 Å². The minimum atomic E-state index is -0.636. The third-order valence-electron chi connectivity index (χ3n) is 3.18. The van der Waals surface area contributed by atoms with E-state index < -0.39 is 6.17 Å². The van der Waals surface area contributed by atoms with Crippen molar-refractivity contribution in [2.75, 3.05) is 20.1 Å². The van der Waals surface area contributed by atoms with E-state index in [2.05, 4.69) is 38.0 Å². The molecule has 1 aliphatic rings. The molecule has 0 spiro atoms. The lowest BCUT2D eigenvalue weighted by Crippen LogP contribution is -2.41. The molecule has 2 unspecified atom stereocenters. The summed E-state index contributed by atoms with van der Waals surface area (Å²) >= 11 is 0. The fourth-order valence-electron chi connectivity index (χ4n) is 1.69. The quantitative estimate of drug-likeness (QED) is 0.751. The van der Waals surface area contributed by atoms with Gasteiger partial charge < -0.3 is 10.2 Å². The van der Waals surface area contributed by atoms with Gasteiger partial charge in [0.25, 0.3) is 0 Å². The summed E-state index contributed by atoms with van der Waals surface area (Å²) in [5.74, 6) is 0. The summed E-state index contributed by atoms with van der Waals surface area (Å²) in [6, 6.07) is 0.0831. The Morgan fingerprint density at radius 2 is 2.07 bits per heavy atom. The first-order chi connectivity index (χ1) is 6.41. The summed E-state index contributed by atoms with van der Waals surface area (Å²) in [6.07, 6.45) is 0.960. The molecule has 0 aromatic carbocycles. The molecule has 0 amide bonds. The van der Waals surface area contributed by atoms with Gasteiger partial charge in [0, 0.05) is 11.6 Å². The van der Waals surface area contributed by atoms with Crippen molar-refractivity contribution in [1.82, 2.24) is 10.2 Å². The Kier molecular flexibility index (Phi) is 3.90. The lowest BCUT2D eigenvalue weighted by Gasteiger charge is -2.32. The molecule has 0 radical (unpaired) electrons. The van der Waals surface area contributed by atoms with Gasteiger partial charge in [-0.15, -0.1) is 0 Å². The summed E-state index contributed by atoms with van der Waals surface area (Å²) in [7, 11) is 2.10. The zero-order valence-corrected chi connectivity index (χ0v) is 9.81. The second-order valence-corrected chi connectivity index (χ2v) is 5.25. The molecule has 1 aliphatic heterocycles. The van der Waals surface area contributed by atoms with Crippen LogP contribution in [0.1, 0.15) is 33.6 Å². The first kappa shape index (κ1) is 11.9. The minimum Gasteiger partial charge on any atom is -0.311 e. The van der Waals surface area contributed by atoms with E-state index in [1.165, 1.54) is 0 Å². The second kappa shape index (κ2) is 4.58. The Hall–Kier alpha value is -0.150. The lowest BCUT2D eigenvalue weighted by atomic mass is 10.0. The van der Waals surface area contributed by atoms with Crippen LogP contribution in [-0.2, 0) is 0 Å². The number of alkyl halides is 1. The van der Waals surface area contributed by atoms with Crippen LogP contribution in [0, 0.1) is 0 Å². The van der Waals surface area contributed by atoms with Crippen LogP contribution in [0.4, 0.5) is 4.39 Å². The highest BCUT2D eigenvalue weighted by molar-refractivity contribution is 4.85. The summed E-state index contributed by atoms with van der Waals surface area (Å²) in [5.41, 5.74) is 0.185. The number of nitrogens with zero attached hydrogens (tertiary/aromatic N) is 1. The third-order valence-corrected chi connectivity index (χ3v) is 3.18. The standard InChI is InChI=1S/C11H23FN2/c1-11(2,3)14(4)8-6-10-9(12)5-7-13-10/h9-10,13H,5-8H2,1-4H3. The molecule has 0 aromatic rings. The van der Waals surface area contributed by atoms with Gasteiger partial charge in [-0.05, 0) is 53.8 Å². The van der Waals surface area contributed by atoms with Crippen molar-refractivity contribution in [2.45, 2.75) is 51.4 Å². The summed E-state index contributed by atoms with van der Waals surface area (Å²) in [4.78, 5) is 2.28. The highest BCUT2D eigenvalue weighted by Gasteiger charge is 2.27. The van der Waals surface area contributed by atoms with E-state index in [4.69, 9.17) is 0 Å². The number of nitrogens with one attached hydrogen (secondary N) is 1. The van der Waals surface area contributed by atoms with E-state index in [0.29, 0.717) is 6.42 Å². The molecule has 1 heterocycles. The highest BCUT2D eigenvalue weighted by Crippen LogP contribution is 2.17. The zero-order valence-electron chi connectivity index (χ0n) is 9.81. The Morgan fingerprint density at radius 3 is 2.50 bits per heavy atom. The van der Waals surface area contributed by atoms with Crippen LogP contribution in [0.2, 0.25) is 0 Å². The van der Waals surface area contributed by atoms with Gasteiger partial charge in [0.05, 0.1) is 0 Å². The number of halogens is 1. The Labute approximate surface area is 86.9 Å². The van der Waals surface area contributed by atoms with Crippen molar-refractivity contribution >= 4 is 0 Å². The molecule has 0 aliphatic carbocycles. The van der Waals surface area contributed by atoms with Gasteiger partial charge in [0.1, 0.15) is 6.17 Å². The number of rotatable bonds is 3. The van der Waals surface area contributed by atoms with Crippen molar-refractivity contribution in [3.8, 4) is 0 Å². The Balaban J connectivity index is 2.26. The van der Waals surface area contributed by atoms with Crippen LogP contribution in [0.5, 0.6) is 0 Å². The van der Waals surface area contributed by atoms with Crippen molar-refractivity contribution in [3.05, 3.63) is 0 Å². The molecule has 2 nitrogen and oxygen atoms in total. The molecule has 84 valence electrons. The second-order valence-electron chi connectivity index (χ2n) is 5.25. The molecule has 1 fully saturated rings. The topological polar surface area (TPSA) is 15.3 Å². The minimum absolute atomic E-state index is 0.0831. The molecule has 1 saturated heterocycles. The van der Waals surface area contributed by atoms with Gasteiger partial charge in [-0.2, -0.15) is 0 Å². The Bertz CT molecular complexity index is 175. The van der Waals surface area contributed by atoms with Gasteiger partial charge in [-0.1, -0.05) is 0 Å². The molecular formula is C11H23FN2. The molecule has 0 bridgehead atoms. The van der Waals surface area contributed by atoms with Gasteiger partial charge in [-0.3, -0.25) is 0 Å². The maximum atomic E-state index is 13.3. The van der Waals surface area contributed by atoms with E-state index in [-0.39, 0.29) is 11.6 Å². The zero-order chi connectivity index (χ0) is 10.8. The predicted molar refractivity (Wildman–Crippen MR) is 58.3 cm³/mol. The fourth-order valence-corrected chi connectivity index (χ4v) is 1.69. The summed E-state index contributed by atoms with van der Waals surface area (Å²) in [6.45, 7) is 8.35. The maximum absolute atomic E-state index is 13.3. The van der Waals surface area contributed by atoms with Crippen molar-refractivity contribution in [3.63, 3.8) is 0 Å². The van der Waals surface area contributed by atoms with Gasteiger partial charge in [-0.25, -0.2) is 4.39 Å². The van der Waals surface area contributed by atoms with E-state index >= 15 is 0 Å². The third kappa shape index (κ3) is 3.21. The largest absolute Gasteiger partial charge is 0.311 e. The number of hydrogen-bond acceptors (Lipinski definition) is 2. The molecule has 2 atom stereocenters. The first-order valence-corrected chi connectivity index (χ1v) is 5.50. The first-order valence-electron chi connectivity index (χ1n) is 5.50. The maximum Gasteiger partial charge on any atom is 0.117 e. The SMILES string of the molecule is CN(CCC1NCCC1F)C(C)(C)C.